The fraction of sp³-hybridized carbons (Fsp3) is 0.250. The maximum atomic E-state index is 12.1. The highest BCUT2D eigenvalue weighted by Gasteiger charge is 2.08. The smallest absolute Gasteiger partial charge is 0.315 e. The maximum absolute atomic E-state index is 12.1. The normalized spacial score (nSPS) is 10.5. The molecule has 0 atom stereocenters. The summed E-state index contributed by atoms with van der Waals surface area (Å²) in [4.78, 5) is 16.3. The second-order valence-electron chi connectivity index (χ2n) is 6.12. The van der Waals surface area contributed by atoms with Crippen molar-refractivity contribution >= 4 is 17.6 Å². The number of halogens is 1. The molecular weight excluding hydrogens is 378 g/mol. The van der Waals surface area contributed by atoms with Crippen LogP contribution in [0.15, 0.2) is 55.0 Å². The summed E-state index contributed by atoms with van der Waals surface area (Å²) in [5, 5.41) is 10.6. The van der Waals surface area contributed by atoms with Crippen LogP contribution in [0.2, 0.25) is 5.02 Å². The SMILES string of the molecule is CCCOc1ncccc1CNC(=O)NCc1cnn(-c2ccc(Cl)cc2)c1. The van der Waals surface area contributed by atoms with E-state index in [1.54, 1.807) is 29.2 Å². The molecule has 2 heterocycles. The zero-order valence-electron chi connectivity index (χ0n) is 15.6. The van der Waals surface area contributed by atoms with Crippen molar-refractivity contribution in [3.05, 3.63) is 71.1 Å². The molecule has 0 unspecified atom stereocenters. The number of aromatic nitrogens is 3. The van der Waals surface area contributed by atoms with Gasteiger partial charge < -0.3 is 15.4 Å². The molecule has 1 aromatic carbocycles. The molecule has 0 aliphatic carbocycles. The molecular formula is C20H22ClN5O2. The quantitative estimate of drug-likeness (QED) is 0.605. The minimum Gasteiger partial charge on any atom is -0.477 e. The molecule has 0 saturated carbocycles. The Hall–Kier alpha value is -3.06. The van der Waals surface area contributed by atoms with Crippen LogP contribution >= 0.6 is 11.6 Å². The van der Waals surface area contributed by atoms with Crippen molar-refractivity contribution < 1.29 is 9.53 Å². The van der Waals surface area contributed by atoms with Gasteiger partial charge in [0, 0.05) is 41.6 Å². The zero-order valence-corrected chi connectivity index (χ0v) is 16.3. The van der Waals surface area contributed by atoms with E-state index in [1.807, 2.05) is 37.4 Å². The number of hydrogen-bond acceptors (Lipinski definition) is 4. The van der Waals surface area contributed by atoms with Crippen LogP contribution in [0.3, 0.4) is 0 Å². The van der Waals surface area contributed by atoms with Crippen LogP contribution in [-0.2, 0) is 13.1 Å². The Bertz CT molecular complexity index is 911. The van der Waals surface area contributed by atoms with E-state index in [9.17, 15) is 4.79 Å². The van der Waals surface area contributed by atoms with Crippen LogP contribution in [0.4, 0.5) is 4.79 Å². The predicted molar refractivity (Wildman–Crippen MR) is 108 cm³/mol. The number of ether oxygens (including phenoxy) is 1. The van der Waals surface area contributed by atoms with Crippen molar-refractivity contribution in [2.75, 3.05) is 6.61 Å². The zero-order chi connectivity index (χ0) is 19.8. The summed E-state index contributed by atoms with van der Waals surface area (Å²) in [6.45, 7) is 3.33. The largest absolute Gasteiger partial charge is 0.477 e. The van der Waals surface area contributed by atoms with E-state index in [0.29, 0.717) is 30.6 Å². The Morgan fingerprint density at radius 1 is 1.18 bits per heavy atom. The van der Waals surface area contributed by atoms with Gasteiger partial charge in [-0.05, 0) is 36.8 Å². The lowest BCUT2D eigenvalue weighted by Crippen LogP contribution is -2.34. The lowest BCUT2D eigenvalue weighted by atomic mass is 10.2. The third-order valence-electron chi connectivity index (χ3n) is 3.91. The van der Waals surface area contributed by atoms with Gasteiger partial charge >= 0.3 is 6.03 Å². The molecule has 0 bridgehead atoms. The first-order valence-electron chi connectivity index (χ1n) is 9.03. The Kier molecular flexibility index (Phi) is 6.86. The summed E-state index contributed by atoms with van der Waals surface area (Å²) in [6.07, 6.45) is 6.15. The van der Waals surface area contributed by atoms with Crippen molar-refractivity contribution in [3.8, 4) is 11.6 Å². The number of pyridine rings is 1. The molecule has 2 amide bonds. The number of nitrogens with zero attached hydrogens (tertiary/aromatic N) is 3. The molecule has 3 rings (SSSR count). The molecule has 8 heteroatoms. The number of carbonyl (C=O) groups is 1. The van der Waals surface area contributed by atoms with Gasteiger partial charge in [0.2, 0.25) is 5.88 Å². The van der Waals surface area contributed by atoms with Gasteiger partial charge in [-0.3, -0.25) is 0 Å². The van der Waals surface area contributed by atoms with Gasteiger partial charge in [0.05, 0.1) is 18.5 Å². The number of urea groups is 1. The van der Waals surface area contributed by atoms with Crippen molar-refractivity contribution in [3.63, 3.8) is 0 Å². The predicted octanol–water partition coefficient (Wildman–Crippen LogP) is 3.71. The van der Waals surface area contributed by atoms with Crippen LogP contribution in [0.5, 0.6) is 5.88 Å². The number of rotatable bonds is 8. The summed E-state index contributed by atoms with van der Waals surface area (Å²) in [5.41, 5.74) is 2.62. The average molecular weight is 400 g/mol. The minimum absolute atomic E-state index is 0.274. The van der Waals surface area contributed by atoms with E-state index in [2.05, 4.69) is 20.7 Å². The van der Waals surface area contributed by atoms with E-state index in [1.165, 1.54) is 0 Å². The second-order valence-corrected chi connectivity index (χ2v) is 6.56. The molecule has 146 valence electrons. The van der Waals surface area contributed by atoms with E-state index >= 15 is 0 Å². The highest BCUT2D eigenvalue weighted by Crippen LogP contribution is 2.15. The summed E-state index contributed by atoms with van der Waals surface area (Å²) in [6, 6.07) is 10.8. The third-order valence-corrected chi connectivity index (χ3v) is 4.16. The van der Waals surface area contributed by atoms with Gasteiger partial charge in [-0.2, -0.15) is 5.10 Å². The number of carbonyl (C=O) groups excluding carboxylic acids is 1. The monoisotopic (exact) mass is 399 g/mol. The van der Waals surface area contributed by atoms with Crippen molar-refractivity contribution in [2.45, 2.75) is 26.4 Å². The maximum Gasteiger partial charge on any atom is 0.315 e. The second kappa shape index (κ2) is 9.75. The molecule has 0 aliphatic heterocycles. The highest BCUT2D eigenvalue weighted by molar-refractivity contribution is 6.30. The number of hydrogen-bond donors (Lipinski definition) is 2. The summed E-state index contributed by atoms with van der Waals surface area (Å²) >= 11 is 5.90. The van der Waals surface area contributed by atoms with Gasteiger partial charge in [0.25, 0.3) is 0 Å². The first kappa shape index (κ1) is 19.7. The van der Waals surface area contributed by atoms with Gasteiger partial charge in [-0.1, -0.05) is 24.6 Å². The lowest BCUT2D eigenvalue weighted by molar-refractivity contribution is 0.239. The number of benzene rings is 1. The summed E-state index contributed by atoms with van der Waals surface area (Å²) < 4.78 is 7.33. The highest BCUT2D eigenvalue weighted by atomic mass is 35.5. The minimum atomic E-state index is -0.274. The standard InChI is InChI=1S/C20H22ClN5O2/c1-2-10-28-19-16(4-3-9-22-19)13-24-20(27)23-11-15-12-25-26(14-15)18-7-5-17(21)6-8-18/h3-9,12,14H,2,10-11,13H2,1H3,(H2,23,24,27). The van der Waals surface area contributed by atoms with Crippen LogP contribution in [-0.4, -0.2) is 27.4 Å². The summed E-state index contributed by atoms with van der Waals surface area (Å²) in [5.74, 6) is 0.550. The lowest BCUT2D eigenvalue weighted by Gasteiger charge is -2.11. The Labute approximate surface area is 168 Å². The van der Waals surface area contributed by atoms with Crippen molar-refractivity contribution in [1.82, 2.24) is 25.4 Å². The van der Waals surface area contributed by atoms with Crippen LogP contribution < -0.4 is 15.4 Å². The fourth-order valence-electron chi connectivity index (χ4n) is 2.49. The molecule has 2 aromatic heterocycles. The Morgan fingerprint density at radius 2 is 1.96 bits per heavy atom. The number of amides is 2. The van der Waals surface area contributed by atoms with E-state index in [4.69, 9.17) is 16.3 Å². The van der Waals surface area contributed by atoms with Gasteiger partial charge in [0.1, 0.15) is 0 Å². The Morgan fingerprint density at radius 3 is 2.75 bits per heavy atom. The molecule has 0 saturated heterocycles. The summed E-state index contributed by atoms with van der Waals surface area (Å²) in [7, 11) is 0. The van der Waals surface area contributed by atoms with Crippen molar-refractivity contribution in [1.29, 1.82) is 0 Å². The molecule has 0 aliphatic rings. The third kappa shape index (κ3) is 5.47. The molecule has 2 N–H and O–H groups in total. The van der Waals surface area contributed by atoms with Gasteiger partial charge in [-0.15, -0.1) is 0 Å². The average Bonchev–Trinajstić information content (AvgIpc) is 3.19. The Balaban J connectivity index is 1.49. The molecule has 7 nitrogen and oxygen atoms in total. The molecule has 28 heavy (non-hydrogen) atoms. The molecule has 0 radical (unpaired) electrons. The van der Waals surface area contributed by atoms with E-state index < -0.39 is 0 Å². The first-order chi connectivity index (χ1) is 13.7. The fourth-order valence-corrected chi connectivity index (χ4v) is 2.62. The number of nitrogens with one attached hydrogen (secondary N) is 2. The van der Waals surface area contributed by atoms with E-state index in [0.717, 1.165) is 23.2 Å². The van der Waals surface area contributed by atoms with Crippen molar-refractivity contribution in [2.24, 2.45) is 0 Å². The topological polar surface area (TPSA) is 81.1 Å². The van der Waals surface area contributed by atoms with Gasteiger partial charge in [0.15, 0.2) is 0 Å². The van der Waals surface area contributed by atoms with Gasteiger partial charge in [-0.25, -0.2) is 14.5 Å². The van der Waals surface area contributed by atoms with Crippen LogP contribution in [0.1, 0.15) is 24.5 Å². The molecule has 0 fully saturated rings. The van der Waals surface area contributed by atoms with E-state index in [-0.39, 0.29) is 6.03 Å². The van der Waals surface area contributed by atoms with Crippen LogP contribution in [0.25, 0.3) is 5.69 Å². The van der Waals surface area contributed by atoms with Crippen LogP contribution in [0, 0.1) is 0 Å². The molecule has 0 spiro atoms. The molecule has 3 aromatic rings. The first-order valence-corrected chi connectivity index (χ1v) is 9.41.